The molecule has 0 spiro atoms. The number of hydrogen-bond donors (Lipinski definition) is 0. The number of benzene rings is 6. The molecule has 2 heteroatoms. The summed E-state index contributed by atoms with van der Waals surface area (Å²) >= 11 is 1.87. The zero-order chi connectivity index (χ0) is 32.9. The summed E-state index contributed by atoms with van der Waals surface area (Å²) in [7, 11) is 0. The van der Waals surface area contributed by atoms with Gasteiger partial charge in [-0.3, -0.25) is 0 Å². The molecule has 0 fully saturated rings. The molecule has 8 rings (SSSR count). The molecular weight excluding hydrogens is 599 g/mol. The quantitative estimate of drug-likeness (QED) is 0.191. The second-order valence-electron chi connectivity index (χ2n) is 12.1. The molecule has 0 aliphatic carbocycles. The standard InChI is InChI=1S/C28H22S.C18H15N/c1-19-22(21-11-4-3-5-12-21)15-10-16-24(19)28-20(2)23-13-6-8-17-26(23)29-27-18-9-7-14-25(27)28;1-14-12-17(15-8-4-2-5-9-15)19-18(13-14)16-10-6-3-7-11-16/h3-18H,1-2H3;2-13H,1H3. The van der Waals surface area contributed by atoms with E-state index in [2.05, 4.69) is 154 Å². The average molecular weight is 636 g/mol. The van der Waals surface area contributed by atoms with E-state index >= 15 is 0 Å². The third-order valence-electron chi connectivity index (χ3n) is 8.84. The Morgan fingerprint density at radius 1 is 0.396 bits per heavy atom. The van der Waals surface area contributed by atoms with Gasteiger partial charge in [-0.1, -0.05) is 157 Å². The van der Waals surface area contributed by atoms with E-state index in [0.717, 1.165) is 22.5 Å². The van der Waals surface area contributed by atoms with Crippen molar-refractivity contribution < 1.29 is 0 Å². The van der Waals surface area contributed by atoms with Gasteiger partial charge in [0.1, 0.15) is 0 Å². The van der Waals surface area contributed by atoms with Crippen LogP contribution in [0.1, 0.15) is 34.7 Å². The van der Waals surface area contributed by atoms with Crippen molar-refractivity contribution in [1.29, 1.82) is 0 Å². The summed E-state index contributed by atoms with van der Waals surface area (Å²) in [5, 5.41) is 0. The first kappa shape index (κ1) is 31.2. The molecule has 1 aliphatic heterocycles. The van der Waals surface area contributed by atoms with Crippen LogP contribution in [0.5, 0.6) is 0 Å². The summed E-state index contributed by atoms with van der Waals surface area (Å²) in [4.78, 5) is 7.41. The Kier molecular flexibility index (Phi) is 9.18. The maximum absolute atomic E-state index is 4.77. The first-order valence-corrected chi connectivity index (χ1v) is 17.2. The highest BCUT2D eigenvalue weighted by atomic mass is 32.2. The maximum Gasteiger partial charge on any atom is 0.0712 e. The molecular formula is C46H37NS. The molecule has 6 aromatic carbocycles. The van der Waals surface area contributed by atoms with Gasteiger partial charge in [0.25, 0.3) is 0 Å². The molecule has 48 heavy (non-hydrogen) atoms. The smallest absolute Gasteiger partial charge is 0.0712 e. The molecule has 2 heterocycles. The van der Waals surface area contributed by atoms with Gasteiger partial charge in [-0.05, 0) is 95.1 Å². The zero-order valence-electron chi connectivity index (χ0n) is 27.5. The average Bonchev–Trinajstić information content (AvgIpc) is 3.26. The fraction of sp³-hybridized carbons (Fsp3) is 0.0652. The predicted octanol–water partition coefficient (Wildman–Crippen LogP) is 12.8. The van der Waals surface area contributed by atoms with Crippen LogP contribution in [-0.2, 0) is 0 Å². The zero-order valence-corrected chi connectivity index (χ0v) is 28.3. The summed E-state index contributed by atoms with van der Waals surface area (Å²) in [6.45, 7) is 6.64. The minimum absolute atomic E-state index is 1.03. The van der Waals surface area contributed by atoms with Crippen LogP contribution in [0.15, 0.2) is 180 Å². The second-order valence-corrected chi connectivity index (χ2v) is 13.2. The molecule has 7 aromatic rings. The minimum Gasteiger partial charge on any atom is -0.248 e. The molecule has 232 valence electrons. The Morgan fingerprint density at radius 3 is 1.42 bits per heavy atom. The summed E-state index contributed by atoms with van der Waals surface area (Å²) in [6.07, 6.45) is 0. The Labute approximate surface area is 288 Å². The predicted molar refractivity (Wildman–Crippen MR) is 205 cm³/mol. The maximum atomic E-state index is 4.77. The Balaban J connectivity index is 0.000000166. The van der Waals surface area contributed by atoms with E-state index in [-0.39, 0.29) is 0 Å². The van der Waals surface area contributed by atoms with Gasteiger partial charge in [-0.15, -0.1) is 0 Å². The Morgan fingerprint density at radius 2 is 0.833 bits per heavy atom. The number of fused-ring (bicyclic) bond motifs is 2. The number of aromatic nitrogens is 1. The number of nitrogens with zero attached hydrogens (tertiary/aromatic N) is 1. The van der Waals surface area contributed by atoms with Crippen molar-refractivity contribution in [3.05, 3.63) is 198 Å². The van der Waals surface area contributed by atoms with E-state index in [1.54, 1.807) is 0 Å². The fourth-order valence-corrected chi connectivity index (χ4v) is 7.59. The molecule has 0 amide bonds. The minimum atomic E-state index is 1.03. The molecule has 1 aromatic heterocycles. The lowest BCUT2D eigenvalue weighted by Crippen LogP contribution is -1.97. The lowest BCUT2D eigenvalue weighted by molar-refractivity contribution is 1.29. The summed E-state index contributed by atoms with van der Waals surface area (Å²) < 4.78 is 0. The van der Waals surface area contributed by atoms with Crippen LogP contribution in [-0.4, -0.2) is 4.98 Å². The highest BCUT2D eigenvalue weighted by molar-refractivity contribution is 7.99. The monoisotopic (exact) mass is 635 g/mol. The first-order chi connectivity index (χ1) is 23.6. The molecule has 1 aliphatic rings. The normalized spacial score (nSPS) is 11.9. The second kappa shape index (κ2) is 14.1. The van der Waals surface area contributed by atoms with E-state index < -0.39 is 0 Å². The van der Waals surface area contributed by atoms with Crippen molar-refractivity contribution in [3.8, 4) is 33.6 Å². The van der Waals surface area contributed by atoms with Crippen LogP contribution in [0, 0.1) is 13.8 Å². The Hall–Kier alpha value is -5.44. The molecule has 0 N–H and O–H groups in total. The summed E-state index contributed by atoms with van der Waals surface area (Å²) in [5.74, 6) is 0. The molecule has 0 radical (unpaired) electrons. The first-order valence-electron chi connectivity index (χ1n) is 16.4. The van der Waals surface area contributed by atoms with Crippen LogP contribution in [0.25, 0.3) is 44.8 Å². The van der Waals surface area contributed by atoms with Crippen molar-refractivity contribution in [2.75, 3.05) is 0 Å². The van der Waals surface area contributed by atoms with Crippen molar-refractivity contribution in [3.63, 3.8) is 0 Å². The molecule has 0 bridgehead atoms. The van der Waals surface area contributed by atoms with Gasteiger partial charge in [0.05, 0.1) is 11.4 Å². The lowest BCUT2D eigenvalue weighted by atomic mass is 9.85. The van der Waals surface area contributed by atoms with Gasteiger partial charge in [-0.2, -0.15) is 0 Å². The lowest BCUT2D eigenvalue weighted by Gasteiger charge is -2.18. The van der Waals surface area contributed by atoms with Gasteiger partial charge in [0.15, 0.2) is 0 Å². The molecule has 0 atom stereocenters. The number of aryl methyl sites for hydroxylation is 1. The van der Waals surface area contributed by atoms with Gasteiger partial charge in [0.2, 0.25) is 0 Å². The summed E-state index contributed by atoms with van der Waals surface area (Å²) in [6, 6.07) is 59.8. The number of rotatable bonds is 4. The number of allylic oxidation sites excluding steroid dienone is 1. The van der Waals surface area contributed by atoms with Gasteiger partial charge in [0, 0.05) is 20.9 Å². The van der Waals surface area contributed by atoms with Crippen LogP contribution in [0.4, 0.5) is 0 Å². The highest BCUT2D eigenvalue weighted by Gasteiger charge is 2.22. The van der Waals surface area contributed by atoms with Gasteiger partial charge < -0.3 is 0 Å². The van der Waals surface area contributed by atoms with Crippen molar-refractivity contribution in [2.45, 2.75) is 30.6 Å². The molecule has 0 saturated heterocycles. The van der Waals surface area contributed by atoms with E-state index in [1.165, 1.54) is 59.9 Å². The summed E-state index contributed by atoms with van der Waals surface area (Å²) in [5.41, 5.74) is 16.1. The van der Waals surface area contributed by atoms with E-state index in [9.17, 15) is 0 Å². The third kappa shape index (κ3) is 6.53. The topological polar surface area (TPSA) is 12.9 Å². The van der Waals surface area contributed by atoms with Crippen molar-refractivity contribution in [2.24, 2.45) is 0 Å². The van der Waals surface area contributed by atoms with Gasteiger partial charge >= 0.3 is 0 Å². The van der Waals surface area contributed by atoms with E-state index in [0.29, 0.717) is 0 Å². The number of hydrogen-bond acceptors (Lipinski definition) is 2. The molecule has 0 saturated carbocycles. The third-order valence-corrected chi connectivity index (χ3v) is 9.99. The highest BCUT2D eigenvalue weighted by Crippen LogP contribution is 2.47. The van der Waals surface area contributed by atoms with E-state index in [4.69, 9.17) is 4.98 Å². The SMILES string of the molecule is CC1=C(c2cccc(-c3ccccc3)c2C)c2ccccc2Sc2ccccc21.Cc1cc(-c2ccccc2)nc(-c2ccccc2)c1. The van der Waals surface area contributed by atoms with Crippen LogP contribution < -0.4 is 0 Å². The largest absolute Gasteiger partial charge is 0.248 e. The van der Waals surface area contributed by atoms with Crippen molar-refractivity contribution >= 4 is 22.9 Å². The van der Waals surface area contributed by atoms with E-state index in [1.807, 2.05) is 48.2 Å². The number of pyridine rings is 1. The van der Waals surface area contributed by atoms with Gasteiger partial charge in [-0.25, -0.2) is 4.98 Å². The van der Waals surface area contributed by atoms with Crippen LogP contribution in [0.2, 0.25) is 0 Å². The molecule has 0 unspecified atom stereocenters. The van der Waals surface area contributed by atoms with Crippen LogP contribution >= 0.6 is 11.8 Å². The fourth-order valence-electron chi connectivity index (χ4n) is 6.45. The molecule has 1 nitrogen and oxygen atoms in total. The Bertz CT molecular complexity index is 2160. The van der Waals surface area contributed by atoms with Crippen molar-refractivity contribution in [1.82, 2.24) is 4.98 Å². The van der Waals surface area contributed by atoms with Crippen LogP contribution in [0.3, 0.4) is 0 Å².